The summed E-state index contributed by atoms with van der Waals surface area (Å²) >= 11 is 7.51. The minimum atomic E-state index is -3.71. The summed E-state index contributed by atoms with van der Waals surface area (Å²) in [5.74, 6) is 0. The van der Waals surface area contributed by atoms with Crippen molar-refractivity contribution in [2.24, 2.45) is 0 Å². The molecule has 0 aliphatic rings. The predicted molar refractivity (Wildman–Crippen MR) is 85.2 cm³/mol. The Morgan fingerprint density at radius 2 is 2.00 bits per heavy atom. The van der Waals surface area contributed by atoms with Gasteiger partial charge in [-0.15, -0.1) is 11.3 Å². The summed E-state index contributed by atoms with van der Waals surface area (Å²) in [6.07, 6.45) is 0. The Kier molecular flexibility index (Phi) is 5.06. The number of hydrogen-bond donors (Lipinski definition) is 2. The fourth-order valence-electron chi connectivity index (χ4n) is 1.83. The van der Waals surface area contributed by atoms with Crippen LogP contribution in [0.1, 0.15) is 20.9 Å². The number of hydrogen-bond acceptors (Lipinski definition) is 4. The van der Waals surface area contributed by atoms with Gasteiger partial charge in [-0.1, -0.05) is 17.7 Å². The molecule has 0 fully saturated rings. The van der Waals surface area contributed by atoms with E-state index in [2.05, 4.69) is 4.72 Å². The second kappa shape index (κ2) is 6.46. The van der Waals surface area contributed by atoms with Gasteiger partial charge in [0.15, 0.2) is 0 Å². The first-order chi connectivity index (χ1) is 9.83. The third-order valence-electron chi connectivity index (χ3n) is 3.12. The maximum atomic E-state index is 12.3. The summed E-state index contributed by atoms with van der Waals surface area (Å²) in [7, 11) is -3.71. The van der Waals surface area contributed by atoms with Crippen molar-refractivity contribution in [3.05, 3.63) is 50.2 Å². The summed E-state index contributed by atoms with van der Waals surface area (Å²) < 4.78 is 27.2. The second-order valence-electron chi connectivity index (χ2n) is 4.70. The molecule has 0 atom stereocenters. The van der Waals surface area contributed by atoms with Gasteiger partial charge in [-0.2, -0.15) is 0 Å². The zero-order valence-electron chi connectivity index (χ0n) is 11.7. The molecule has 114 valence electrons. The van der Waals surface area contributed by atoms with E-state index in [9.17, 15) is 8.42 Å². The van der Waals surface area contributed by atoms with Crippen LogP contribution in [0.3, 0.4) is 0 Å². The molecule has 0 bridgehead atoms. The van der Waals surface area contributed by atoms with E-state index in [1.807, 2.05) is 19.9 Å². The van der Waals surface area contributed by atoms with Crippen LogP contribution < -0.4 is 4.72 Å². The molecule has 4 nitrogen and oxygen atoms in total. The lowest BCUT2D eigenvalue weighted by atomic mass is 10.2. The Hall–Kier alpha value is -0.920. The first-order valence-corrected chi connectivity index (χ1v) is 8.96. The normalized spacial score (nSPS) is 11.8. The van der Waals surface area contributed by atoms with E-state index in [0.29, 0.717) is 5.56 Å². The van der Waals surface area contributed by atoms with Gasteiger partial charge in [-0.05, 0) is 43.2 Å². The summed E-state index contributed by atoms with van der Waals surface area (Å²) in [5.41, 5.74) is 1.65. The molecule has 0 unspecified atom stereocenters. The highest BCUT2D eigenvalue weighted by atomic mass is 35.5. The highest BCUT2D eigenvalue weighted by Crippen LogP contribution is 2.24. The van der Waals surface area contributed by atoms with Gasteiger partial charge in [-0.25, -0.2) is 13.1 Å². The largest absolute Gasteiger partial charge is 0.392 e. The van der Waals surface area contributed by atoms with Crippen molar-refractivity contribution in [2.45, 2.75) is 31.9 Å². The van der Waals surface area contributed by atoms with Crippen LogP contribution in [0.2, 0.25) is 5.02 Å². The van der Waals surface area contributed by atoms with Crippen molar-refractivity contribution in [1.29, 1.82) is 0 Å². The van der Waals surface area contributed by atoms with E-state index in [-0.39, 0.29) is 23.1 Å². The molecule has 0 aliphatic heterocycles. The van der Waals surface area contributed by atoms with Gasteiger partial charge in [0.1, 0.15) is 4.90 Å². The number of aryl methyl sites for hydroxylation is 2. The van der Waals surface area contributed by atoms with Gasteiger partial charge in [0.2, 0.25) is 10.0 Å². The highest BCUT2D eigenvalue weighted by molar-refractivity contribution is 7.89. The van der Waals surface area contributed by atoms with Gasteiger partial charge in [0, 0.05) is 16.3 Å². The summed E-state index contributed by atoms with van der Waals surface area (Å²) in [6.45, 7) is 3.98. The van der Waals surface area contributed by atoms with Crippen LogP contribution >= 0.6 is 22.9 Å². The van der Waals surface area contributed by atoms with E-state index in [1.165, 1.54) is 17.0 Å². The predicted octanol–water partition coefficient (Wildman–Crippen LogP) is 2.99. The number of sulfonamides is 1. The third kappa shape index (κ3) is 3.84. The zero-order chi connectivity index (χ0) is 15.6. The molecule has 2 N–H and O–H groups in total. The molecule has 21 heavy (non-hydrogen) atoms. The number of aliphatic hydroxyl groups excluding tert-OH is 1. The lowest BCUT2D eigenvalue weighted by molar-refractivity contribution is 0.281. The molecule has 0 spiro atoms. The topological polar surface area (TPSA) is 66.4 Å². The molecule has 2 rings (SSSR count). The smallest absolute Gasteiger partial charge is 0.242 e. The van der Waals surface area contributed by atoms with Crippen molar-refractivity contribution in [1.82, 2.24) is 4.72 Å². The molecule has 7 heteroatoms. The van der Waals surface area contributed by atoms with Gasteiger partial charge in [-0.3, -0.25) is 0 Å². The average Bonchev–Trinajstić information content (AvgIpc) is 2.76. The molecule has 0 aliphatic carbocycles. The van der Waals surface area contributed by atoms with Crippen molar-refractivity contribution in [3.63, 3.8) is 0 Å². The quantitative estimate of drug-likeness (QED) is 0.875. The van der Waals surface area contributed by atoms with Crippen LogP contribution in [-0.4, -0.2) is 13.5 Å². The molecule has 1 aromatic carbocycles. The van der Waals surface area contributed by atoms with Crippen LogP contribution in [0.5, 0.6) is 0 Å². The Bertz CT molecular complexity index is 734. The monoisotopic (exact) mass is 345 g/mol. The second-order valence-corrected chi connectivity index (χ2v) is 8.18. The van der Waals surface area contributed by atoms with E-state index in [0.717, 1.165) is 10.4 Å². The van der Waals surface area contributed by atoms with Crippen LogP contribution in [0.25, 0.3) is 0 Å². The molecule has 1 aromatic heterocycles. The van der Waals surface area contributed by atoms with Crippen molar-refractivity contribution in [3.8, 4) is 0 Å². The standard InChI is InChI=1S/C14H16ClNO3S2/c1-9-5-12(20-10(9)2)7-16-21(18,19)14-6-11(8-17)3-4-13(14)15/h3-6,16-17H,7-8H2,1-2H3. The molecule has 1 heterocycles. The number of benzene rings is 1. The Morgan fingerprint density at radius 1 is 1.29 bits per heavy atom. The molecule has 2 aromatic rings. The number of rotatable bonds is 5. The molecule has 0 saturated carbocycles. The molecular formula is C14H16ClNO3S2. The third-order valence-corrected chi connectivity index (χ3v) is 6.16. The SMILES string of the molecule is Cc1cc(CNS(=O)(=O)c2cc(CO)ccc2Cl)sc1C. The van der Waals surface area contributed by atoms with E-state index in [1.54, 1.807) is 17.4 Å². The summed E-state index contributed by atoms with van der Waals surface area (Å²) in [4.78, 5) is 2.10. The van der Waals surface area contributed by atoms with Crippen molar-refractivity contribution >= 4 is 33.0 Å². The maximum Gasteiger partial charge on any atom is 0.242 e. The van der Waals surface area contributed by atoms with Crippen LogP contribution in [0, 0.1) is 13.8 Å². The number of aliphatic hydroxyl groups is 1. The lowest BCUT2D eigenvalue weighted by Crippen LogP contribution is -2.23. The van der Waals surface area contributed by atoms with Gasteiger partial charge < -0.3 is 5.11 Å². The highest BCUT2D eigenvalue weighted by Gasteiger charge is 2.18. The Labute approximate surface area is 133 Å². The van der Waals surface area contributed by atoms with Gasteiger partial charge in [0.25, 0.3) is 0 Å². The van der Waals surface area contributed by atoms with Crippen molar-refractivity contribution < 1.29 is 13.5 Å². The van der Waals surface area contributed by atoms with E-state index < -0.39 is 10.0 Å². The zero-order valence-corrected chi connectivity index (χ0v) is 14.1. The number of halogens is 1. The first-order valence-electron chi connectivity index (χ1n) is 6.28. The fourth-order valence-corrected chi connectivity index (χ4v) is 4.47. The van der Waals surface area contributed by atoms with Crippen molar-refractivity contribution in [2.75, 3.05) is 0 Å². The minimum Gasteiger partial charge on any atom is -0.392 e. The van der Waals surface area contributed by atoms with Crippen LogP contribution in [0.15, 0.2) is 29.2 Å². The lowest BCUT2D eigenvalue weighted by Gasteiger charge is -2.09. The van der Waals surface area contributed by atoms with Crippen LogP contribution in [-0.2, 0) is 23.2 Å². The average molecular weight is 346 g/mol. The molecule has 0 radical (unpaired) electrons. The summed E-state index contributed by atoms with van der Waals surface area (Å²) in [6, 6.07) is 6.41. The maximum absolute atomic E-state index is 12.3. The minimum absolute atomic E-state index is 0.0132. The van der Waals surface area contributed by atoms with E-state index >= 15 is 0 Å². The summed E-state index contributed by atoms with van der Waals surface area (Å²) in [5, 5.41) is 9.24. The Balaban J connectivity index is 2.22. The van der Waals surface area contributed by atoms with E-state index in [4.69, 9.17) is 16.7 Å². The molecule has 0 amide bonds. The number of nitrogens with one attached hydrogen (secondary N) is 1. The molecular weight excluding hydrogens is 330 g/mol. The first kappa shape index (κ1) is 16.5. The fraction of sp³-hybridized carbons (Fsp3) is 0.286. The van der Waals surface area contributed by atoms with Crippen LogP contribution in [0.4, 0.5) is 0 Å². The molecule has 0 saturated heterocycles. The van der Waals surface area contributed by atoms with Gasteiger partial charge in [0.05, 0.1) is 11.6 Å². The number of thiophene rings is 1. The Morgan fingerprint density at radius 3 is 2.57 bits per heavy atom. The van der Waals surface area contributed by atoms with Gasteiger partial charge >= 0.3 is 0 Å².